The molecule has 0 rings (SSSR count). The number of unbranched alkanes of at least 4 members (excludes halogenated alkanes) is 7. The molecule has 108 valence electrons. The third kappa shape index (κ3) is 13.5. The zero-order chi connectivity index (χ0) is 13.9. The molecule has 0 N–H and O–H groups in total. The minimum Gasteiger partial charge on any atom is -0.462 e. The van der Waals surface area contributed by atoms with Crippen LogP contribution in [0.5, 0.6) is 0 Å². The Labute approximate surface area is 113 Å². The number of hydrogen-bond acceptors (Lipinski definition) is 2. The quantitative estimate of drug-likeness (QED) is 0.323. The molecule has 0 unspecified atom stereocenters. The number of quaternary nitrogens is 1. The number of carbonyl (C=O) groups is 1. The second-order valence-corrected chi connectivity index (χ2v) is 6.14. The Bertz CT molecular complexity index is 209. The van der Waals surface area contributed by atoms with Crippen LogP contribution >= 0.6 is 0 Å². The second-order valence-electron chi connectivity index (χ2n) is 6.14. The summed E-state index contributed by atoms with van der Waals surface area (Å²) in [6.45, 7) is 3.29. The number of likely N-dealkylation sites (N-methyl/N-ethyl adjacent to an activating group) is 1. The molecule has 3 heteroatoms. The van der Waals surface area contributed by atoms with Crippen LogP contribution in [0.3, 0.4) is 0 Å². The highest BCUT2D eigenvalue weighted by Crippen LogP contribution is 2.08. The van der Waals surface area contributed by atoms with Crippen LogP contribution in [0.25, 0.3) is 0 Å². The van der Waals surface area contributed by atoms with Crippen LogP contribution in [0, 0.1) is 0 Å². The van der Waals surface area contributed by atoms with Gasteiger partial charge in [-0.3, -0.25) is 0 Å². The van der Waals surface area contributed by atoms with Crippen molar-refractivity contribution in [2.24, 2.45) is 0 Å². The molecule has 0 aliphatic heterocycles. The molecule has 0 bridgehead atoms. The van der Waals surface area contributed by atoms with Crippen LogP contribution in [0.2, 0.25) is 0 Å². The maximum Gasteiger partial charge on any atom is 0.361 e. The first-order chi connectivity index (χ1) is 8.45. The van der Waals surface area contributed by atoms with Gasteiger partial charge in [0.2, 0.25) is 0 Å². The fraction of sp³-hybridized carbons (Fsp3) is 0.933. The van der Waals surface area contributed by atoms with Crippen molar-refractivity contribution in [3.05, 3.63) is 0 Å². The first kappa shape index (κ1) is 17.4. The van der Waals surface area contributed by atoms with Crippen molar-refractivity contribution in [2.45, 2.75) is 58.3 Å². The third-order valence-corrected chi connectivity index (χ3v) is 2.86. The summed E-state index contributed by atoms with van der Waals surface area (Å²) >= 11 is 0. The predicted molar refractivity (Wildman–Crippen MR) is 76.5 cm³/mol. The van der Waals surface area contributed by atoms with Gasteiger partial charge >= 0.3 is 5.97 Å². The Hall–Kier alpha value is -0.570. The van der Waals surface area contributed by atoms with E-state index in [0.29, 0.717) is 17.6 Å². The number of ether oxygens (including phenoxy) is 1. The van der Waals surface area contributed by atoms with Crippen molar-refractivity contribution < 1.29 is 14.0 Å². The fourth-order valence-corrected chi connectivity index (χ4v) is 1.85. The second kappa shape index (κ2) is 10.4. The molecule has 0 amide bonds. The van der Waals surface area contributed by atoms with Crippen LogP contribution in [-0.2, 0) is 9.53 Å². The summed E-state index contributed by atoms with van der Waals surface area (Å²) in [6, 6.07) is 0. The van der Waals surface area contributed by atoms with E-state index in [-0.39, 0.29) is 5.97 Å². The molecule has 18 heavy (non-hydrogen) atoms. The van der Waals surface area contributed by atoms with Gasteiger partial charge in [0.15, 0.2) is 6.54 Å². The van der Waals surface area contributed by atoms with E-state index in [4.69, 9.17) is 4.74 Å². The molecule has 0 aliphatic rings. The Balaban J connectivity index is 3.23. The summed E-state index contributed by atoms with van der Waals surface area (Å²) < 4.78 is 5.84. The topological polar surface area (TPSA) is 26.3 Å². The lowest BCUT2D eigenvalue weighted by molar-refractivity contribution is -0.862. The van der Waals surface area contributed by atoms with E-state index in [1.165, 1.54) is 44.9 Å². The molecule has 0 saturated carbocycles. The van der Waals surface area contributed by atoms with Gasteiger partial charge in [0.1, 0.15) is 0 Å². The van der Waals surface area contributed by atoms with E-state index in [1.54, 1.807) is 0 Å². The lowest BCUT2D eigenvalue weighted by Crippen LogP contribution is -2.40. The van der Waals surface area contributed by atoms with Crippen LogP contribution in [0.15, 0.2) is 0 Å². The minimum atomic E-state index is -0.0783. The van der Waals surface area contributed by atoms with Crippen LogP contribution in [-0.4, -0.2) is 44.7 Å². The lowest BCUT2D eigenvalue weighted by atomic mass is 10.1. The molecule has 3 nitrogen and oxygen atoms in total. The lowest BCUT2D eigenvalue weighted by Gasteiger charge is -2.22. The molecule has 0 fully saturated rings. The molecule has 0 aromatic carbocycles. The van der Waals surface area contributed by atoms with Gasteiger partial charge in [0.25, 0.3) is 0 Å². The number of esters is 1. The van der Waals surface area contributed by atoms with Crippen LogP contribution in [0.1, 0.15) is 58.3 Å². The van der Waals surface area contributed by atoms with Crippen LogP contribution < -0.4 is 0 Å². The van der Waals surface area contributed by atoms with Gasteiger partial charge in [-0.05, 0) is 6.42 Å². The van der Waals surface area contributed by atoms with Crippen molar-refractivity contribution in [1.82, 2.24) is 0 Å². The summed E-state index contributed by atoms with van der Waals surface area (Å²) in [4.78, 5) is 11.4. The minimum absolute atomic E-state index is 0.0783. The number of rotatable bonds is 11. The summed E-state index contributed by atoms with van der Waals surface area (Å²) in [5, 5.41) is 0. The monoisotopic (exact) mass is 258 g/mol. The van der Waals surface area contributed by atoms with E-state index in [0.717, 1.165) is 6.42 Å². The maximum atomic E-state index is 11.4. The SMILES string of the molecule is CCCCCCCCCCOC(=O)C[N+](C)(C)C. The summed E-state index contributed by atoms with van der Waals surface area (Å²) in [5.41, 5.74) is 0. The summed E-state index contributed by atoms with van der Waals surface area (Å²) in [6.07, 6.45) is 10.2. The van der Waals surface area contributed by atoms with Gasteiger partial charge in [-0.15, -0.1) is 0 Å². The smallest absolute Gasteiger partial charge is 0.361 e. The largest absolute Gasteiger partial charge is 0.462 e. The molecule has 0 aromatic rings. The zero-order valence-electron chi connectivity index (χ0n) is 12.8. The number of nitrogens with zero attached hydrogens (tertiary/aromatic N) is 1. The van der Waals surface area contributed by atoms with E-state index in [2.05, 4.69) is 6.92 Å². The normalized spacial score (nSPS) is 11.6. The highest BCUT2D eigenvalue weighted by molar-refractivity contribution is 5.70. The van der Waals surface area contributed by atoms with Crippen molar-refractivity contribution >= 4 is 5.97 Å². The zero-order valence-corrected chi connectivity index (χ0v) is 12.8. The van der Waals surface area contributed by atoms with E-state index in [9.17, 15) is 4.79 Å². The molecule has 0 aromatic heterocycles. The first-order valence-corrected chi connectivity index (χ1v) is 7.42. The summed E-state index contributed by atoms with van der Waals surface area (Å²) in [5.74, 6) is -0.0783. The molecular formula is C15H32NO2+. The Morgan fingerprint density at radius 3 is 1.89 bits per heavy atom. The van der Waals surface area contributed by atoms with Crippen molar-refractivity contribution in [1.29, 1.82) is 0 Å². The third-order valence-electron chi connectivity index (χ3n) is 2.86. The average molecular weight is 258 g/mol. The first-order valence-electron chi connectivity index (χ1n) is 7.42. The van der Waals surface area contributed by atoms with Gasteiger partial charge in [-0.1, -0.05) is 51.9 Å². The van der Waals surface area contributed by atoms with E-state index in [1.807, 2.05) is 21.1 Å². The Morgan fingerprint density at radius 2 is 1.39 bits per heavy atom. The molecule has 0 radical (unpaired) electrons. The molecule has 0 aliphatic carbocycles. The number of carbonyl (C=O) groups excluding carboxylic acids is 1. The fourth-order valence-electron chi connectivity index (χ4n) is 1.85. The predicted octanol–water partition coefficient (Wildman–Crippen LogP) is 3.38. The van der Waals surface area contributed by atoms with Crippen molar-refractivity contribution in [2.75, 3.05) is 34.3 Å². The molecule has 0 spiro atoms. The molecular weight excluding hydrogens is 226 g/mol. The van der Waals surface area contributed by atoms with Crippen molar-refractivity contribution in [3.63, 3.8) is 0 Å². The van der Waals surface area contributed by atoms with E-state index < -0.39 is 0 Å². The maximum absolute atomic E-state index is 11.4. The van der Waals surface area contributed by atoms with Gasteiger partial charge in [-0.2, -0.15) is 0 Å². The highest BCUT2D eigenvalue weighted by Gasteiger charge is 2.14. The van der Waals surface area contributed by atoms with Crippen LogP contribution in [0.4, 0.5) is 0 Å². The Kier molecular flexibility index (Phi) is 10.0. The van der Waals surface area contributed by atoms with Gasteiger partial charge in [0, 0.05) is 0 Å². The van der Waals surface area contributed by atoms with Gasteiger partial charge in [0.05, 0.1) is 27.7 Å². The van der Waals surface area contributed by atoms with Gasteiger partial charge in [-0.25, -0.2) is 4.79 Å². The van der Waals surface area contributed by atoms with Gasteiger partial charge < -0.3 is 9.22 Å². The Morgan fingerprint density at radius 1 is 0.889 bits per heavy atom. The average Bonchev–Trinajstić information content (AvgIpc) is 2.24. The van der Waals surface area contributed by atoms with Crippen molar-refractivity contribution in [3.8, 4) is 0 Å². The number of hydrogen-bond donors (Lipinski definition) is 0. The molecule has 0 saturated heterocycles. The van der Waals surface area contributed by atoms with E-state index >= 15 is 0 Å². The standard InChI is InChI=1S/C15H32NO2/c1-5-6-7-8-9-10-11-12-13-18-15(17)14-16(2,3)4/h5-14H2,1-4H3/q+1. The molecule has 0 atom stereocenters. The summed E-state index contributed by atoms with van der Waals surface area (Å²) in [7, 11) is 5.99. The highest BCUT2D eigenvalue weighted by atomic mass is 16.5. The molecule has 0 heterocycles.